The van der Waals surface area contributed by atoms with E-state index in [4.69, 9.17) is 4.74 Å². The Hall–Kier alpha value is -1.26. The van der Waals surface area contributed by atoms with E-state index in [0.717, 1.165) is 30.7 Å². The third kappa shape index (κ3) is 8.90. The van der Waals surface area contributed by atoms with Gasteiger partial charge >= 0.3 is 0 Å². The van der Waals surface area contributed by atoms with Gasteiger partial charge in [0.25, 0.3) is 0 Å². The summed E-state index contributed by atoms with van der Waals surface area (Å²) in [4.78, 5) is 11.7. The van der Waals surface area contributed by atoms with Gasteiger partial charge in [0.1, 0.15) is 5.75 Å². The van der Waals surface area contributed by atoms with Crippen molar-refractivity contribution in [1.82, 2.24) is 10.6 Å². The minimum atomic E-state index is 0. The van der Waals surface area contributed by atoms with E-state index in [1.54, 1.807) is 0 Å². The molecule has 0 saturated carbocycles. The van der Waals surface area contributed by atoms with Gasteiger partial charge in [-0.2, -0.15) is 0 Å². The van der Waals surface area contributed by atoms with Gasteiger partial charge in [-0.1, -0.05) is 32.0 Å². The molecular formula is C17H29ClN2O2. The van der Waals surface area contributed by atoms with E-state index < -0.39 is 0 Å². The summed E-state index contributed by atoms with van der Waals surface area (Å²) in [6, 6.07) is 7.89. The Bertz CT molecular complexity index is 425. The van der Waals surface area contributed by atoms with Crippen molar-refractivity contribution < 1.29 is 9.53 Å². The zero-order chi connectivity index (χ0) is 15.5. The average molecular weight is 329 g/mol. The first-order valence-electron chi connectivity index (χ1n) is 7.75. The highest BCUT2D eigenvalue weighted by atomic mass is 35.5. The number of nitrogens with one attached hydrogen (secondary N) is 2. The number of hydrogen-bond donors (Lipinski definition) is 2. The van der Waals surface area contributed by atoms with E-state index in [9.17, 15) is 4.79 Å². The van der Waals surface area contributed by atoms with Crippen LogP contribution in [-0.4, -0.2) is 26.1 Å². The Balaban J connectivity index is 0.00000441. The molecule has 0 bridgehead atoms. The summed E-state index contributed by atoms with van der Waals surface area (Å²) in [5.74, 6) is 1.58. The van der Waals surface area contributed by atoms with E-state index in [1.807, 2.05) is 31.3 Å². The van der Waals surface area contributed by atoms with E-state index in [1.165, 1.54) is 0 Å². The average Bonchev–Trinajstić information content (AvgIpc) is 2.46. The van der Waals surface area contributed by atoms with Crippen molar-refractivity contribution >= 4 is 18.3 Å². The van der Waals surface area contributed by atoms with Gasteiger partial charge in [-0.25, -0.2) is 0 Å². The molecule has 1 aromatic carbocycles. The lowest BCUT2D eigenvalue weighted by Gasteiger charge is -2.13. The molecule has 0 spiro atoms. The molecule has 22 heavy (non-hydrogen) atoms. The Morgan fingerprint density at radius 2 is 2.00 bits per heavy atom. The first kappa shape index (κ1) is 20.7. The number of rotatable bonds is 10. The van der Waals surface area contributed by atoms with Crippen LogP contribution < -0.4 is 15.4 Å². The van der Waals surface area contributed by atoms with Gasteiger partial charge in [-0.05, 0) is 38.4 Å². The lowest BCUT2D eigenvalue weighted by molar-refractivity contribution is -0.121. The molecule has 0 aliphatic rings. The van der Waals surface area contributed by atoms with Crippen LogP contribution in [-0.2, 0) is 11.3 Å². The van der Waals surface area contributed by atoms with Crippen molar-refractivity contribution in [3.05, 3.63) is 29.8 Å². The number of amides is 1. The van der Waals surface area contributed by atoms with Gasteiger partial charge in [-0.15, -0.1) is 12.4 Å². The second-order valence-electron chi connectivity index (χ2n) is 5.62. The van der Waals surface area contributed by atoms with E-state index in [2.05, 4.69) is 24.5 Å². The summed E-state index contributed by atoms with van der Waals surface area (Å²) in [7, 11) is 1.89. The Labute approximate surface area is 140 Å². The molecule has 0 aliphatic carbocycles. The number of carbonyl (C=O) groups is 1. The fraction of sp³-hybridized carbons (Fsp3) is 0.588. The van der Waals surface area contributed by atoms with Crippen LogP contribution in [0.2, 0.25) is 0 Å². The molecule has 0 radical (unpaired) electrons. The molecule has 0 saturated heterocycles. The highest BCUT2D eigenvalue weighted by Crippen LogP contribution is 2.18. The Kier molecular flexibility index (Phi) is 11.6. The van der Waals surface area contributed by atoms with Crippen LogP contribution in [0.15, 0.2) is 24.3 Å². The summed E-state index contributed by atoms with van der Waals surface area (Å²) in [5.41, 5.74) is 1.03. The topological polar surface area (TPSA) is 50.4 Å². The molecule has 0 atom stereocenters. The molecule has 0 fully saturated rings. The SMILES string of the molecule is CNCCCC(=O)NCc1ccccc1OCCC(C)C.Cl. The van der Waals surface area contributed by atoms with E-state index in [0.29, 0.717) is 25.5 Å². The number of ether oxygens (including phenoxy) is 1. The second kappa shape index (κ2) is 12.3. The van der Waals surface area contributed by atoms with Gasteiger partial charge in [0.15, 0.2) is 0 Å². The molecule has 2 N–H and O–H groups in total. The Morgan fingerprint density at radius 3 is 2.68 bits per heavy atom. The zero-order valence-electron chi connectivity index (χ0n) is 13.9. The maximum Gasteiger partial charge on any atom is 0.220 e. The lowest BCUT2D eigenvalue weighted by Crippen LogP contribution is -2.24. The van der Waals surface area contributed by atoms with Crippen molar-refractivity contribution in [2.75, 3.05) is 20.2 Å². The van der Waals surface area contributed by atoms with Crippen molar-refractivity contribution in [2.45, 2.75) is 39.7 Å². The van der Waals surface area contributed by atoms with Crippen LogP contribution in [0.3, 0.4) is 0 Å². The molecule has 4 nitrogen and oxygen atoms in total. The standard InChI is InChI=1S/C17H28N2O2.ClH/c1-14(2)10-12-21-16-8-5-4-7-15(16)13-19-17(20)9-6-11-18-3;/h4-5,7-8,14,18H,6,9-13H2,1-3H3,(H,19,20);1H. The first-order valence-corrected chi connectivity index (χ1v) is 7.75. The molecular weight excluding hydrogens is 300 g/mol. The molecule has 0 heterocycles. The van der Waals surface area contributed by atoms with Gasteiger partial charge in [0.2, 0.25) is 5.91 Å². The quantitative estimate of drug-likeness (QED) is 0.649. The first-order chi connectivity index (χ1) is 10.1. The summed E-state index contributed by atoms with van der Waals surface area (Å²) in [6.45, 7) is 6.46. The van der Waals surface area contributed by atoms with Gasteiger partial charge in [-0.3, -0.25) is 4.79 Å². The second-order valence-corrected chi connectivity index (χ2v) is 5.62. The monoisotopic (exact) mass is 328 g/mol. The molecule has 5 heteroatoms. The highest BCUT2D eigenvalue weighted by molar-refractivity contribution is 5.85. The van der Waals surface area contributed by atoms with Crippen LogP contribution in [0.5, 0.6) is 5.75 Å². The third-order valence-corrected chi connectivity index (χ3v) is 3.23. The normalized spacial score (nSPS) is 10.2. The van der Waals surface area contributed by atoms with E-state index >= 15 is 0 Å². The predicted molar refractivity (Wildman–Crippen MR) is 93.6 cm³/mol. The van der Waals surface area contributed by atoms with Gasteiger partial charge in [0.05, 0.1) is 6.61 Å². The van der Waals surface area contributed by atoms with Crippen LogP contribution in [0.4, 0.5) is 0 Å². The maximum absolute atomic E-state index is 11.7. The van der Waals surface area contributed by atoms with Crippen LogP contribution in [0.25, 0.3) is 0 Å². The van der Waals surface area contributed by atoms with Crippen molar-refractivity contribution in [1.29, 1.82) is 0 Å². The van der Waals surface area contributed by atoms with Crippen molar-refractivity contribution in [3.63, 3.8) is 0 Å². The fourth-order valence-corrected chi connectivity index (χ4v) is 1.90. The minimum absolute atomic E-state index is 0. The third-order valence-electron chi connectivity index (χ3n) is 3.23. The van der Waals surface area contributed by atoms with Crippen LogP contribution in [0, 0.1) is 5.92 Å². The molecule has 1 rings (SSSR count). The van der Waals surface area contributed by atoms with Crippen molar-refractivity contribution in [3.8, 4) is 5.75 Å². The lowest BCUT2D eigenvalue weighted by atomic mass is 10.1. The largest absolute Gasteiger partial charge is 0.493 e. The maximum atomic E-state index is 11.7. The molecule has 0 aromatic heterocycles. The van der Waals surface area contributed by atoms with Gasteiger partial charge in [0, 0.05) is 18.5 Å². The number of carbonyl (C=O) groups excluding carboxylic acids is 1. The van der Waals surface area contributed by atoms with Crippen LogP contribution >= 0.6 is 12.4 Å². The molecule has 1 amide bonds. The summed E-state index contributed by atoms with van der Waals surface area (Å²) < 4.78 is 5.82. The summed E-state index contributed by atoms with van der Waals surface area (Å²) >= 11 is 0. The minimum Gasteiger partial charge on any atom is -0.493 e. The number of para-hydroxylation sites is 1. The zero-order valence-corrected chi connectivity index (χ0v) is 14.7. The smallest absolute Gasteiger partial charge is 0.220 e. The summed E-state index contributed by atoms with van der Waals surface area (Å²) in [5, 5.41) is 5.99. The highest BCUT2D eigenvalue weighted by Gasteiger charge is 2.06. The number of benzene rings is 1. The fourth-order valence-electron chi connectivity index (χ4n) is 1.90. The van der Waals surface area contributed by atoms with Crippen LogP contribution in [0.1, 0.15) is 38.7 Å². The van der Waals surface area contributed by atoms with Crippen molar-refractivity contribution in [2.24, 2.45) is 5.92 Å². The number of hydrogen-bond acceptors (Lipinski definition) is 3. The molecule has 0 aliphatic heterocycles. The van der Waals surface area contributed by atoms with Gasteiger partial charge < -0.3 is 15.4 Å². The number of halogens is 1. The summed E-state index contributed by atoms with van der Waals surface area (Å²) in [6.07, 6.45) is 2.44. The molecule has 0 unspecified atom stereocenters. The molecule has 1 aromatic rings. The molecule has 126 valence electrons. The van der Waals surface area contributed by atoms with E-state index in [-0.39, 0.29) is 18.3 Å². The Morgan fingerprint density at radius 1 is 1.27 bits per heavy atom. The predicted octanol–water partition coefficient (Wildman–Crippen LogP) is 3.15.